The van der Waals surface area contributed by atoms with E-state index in [4.69, 9.17) is 4.74 Å². The summed E-state index contributed by atoms with van der Waals surface area (Å²) < 4.78 is 7.33. The van der Waals surface area contributed by atoms with Crippen LogP contribution in [0.3, 0.4) is 0 Å². The van der Waals surface area contributed by atoms with Gasteiger partial charge < -0.3 is 10.1 Å². The lowest BCUT2D eigenvalue weighted by Crippen LogP contribution is -2.36. The number of hydrogen-bond acceptors (Lipinski definition) is 3. The molecule has 5 heteroatoms. The first kappa shape index (κ1) is 15.8. The van der Waals surface area contributed by atoms with Gasteiger partial charge in [0.2, 0.25) is 5.88 Å². The zero-order chi connectivity index (χ0) is 16.8. The van der Waals surface area contributed by atoms with Gasteiger partial charge in [0.25, 0.3) is 5.91 Å². The Hall–Kier alpha value is -3.08. The molecule has 0 bridgehead atoms. The highest BCUT2D eigenvalue weighted by molar-refractivity contribution is 5.80. The van der Waals surface area contributed by atoms with Crippen LogP contribution in [0.1, 0.15) is 12.5 Å². The number of hydrogen-bond donors (Lipinski definition) is 1. The Labute approximate surface area is 140 Å². The van der Waals surface area contributed by atoms with Gasteiger partial charge in [-0.3, -0.25) is 4.79 Å². The zero-order valence-electron chi connectivity index (χ0n) is 13.4. The van der Waals surface area contributed by atoms with E-state index < -0.39 is 6.10 Å². The van der Waals surface area contributed by atoms with Crippen LogP contribution < -0.4 is 10.1 Å². The third-order valence-corrected chi connectivity index (χ3v) is 3.56. The van der Waals surface area contributed by atoms with Gasteiger partial charge in [-0.15, -0.1) is 5.10 Å². The average molecular weight is 321 g/mol. The minimum absolute atomic E-state index is 0.173. The molecule has 5 nitrogen and oxygen atoms in total. The fourth-order valence-corrected chi connectivity index (χ4v) is 2.26. The van der Waals surface area contributed by atoms with Crippen LogP contribution in [-0.2, 0) is 11.3 Å². The van der Waals surface area contributed by atoms with Gasteiger partial charge in [-0.1, -0.05) is 48.5 Å². The maximum atomic E-state index is 12.1. The molecule has 0 aliphatic heterocycles. The molecule has 2 aromatic carbocycles. The quantitative estimate of drug-likeness (QED) is 0.759. The molecule has 1 unspecified atom stereocenters. The summed E-state index contributed by atoms with van der Waals surface area (Å²) in [5.41, 5.74) is 1.99. The van der Waals surface area contributed by atoms with Crippen LogP contribution >= 0.6 is 0 Å². The smallest absolute Gasteiger partial charge is 0.261 e. The highest BCUT2D eigenvalue weighted by Gasteiger charge is 2.15. The molecule has 0 radical (unpaired) electrons. The molecule has 0 aliphatic carbocycles. The van der Waals surface area contributed by atoms with Crippen molar-refractivity contribution in [2.45, 2.75) is 19.6 Å². The number of benzene rings is 2. The Bertz CT molecular complexity index is 785. The van der Waals surface area contributed by atoms with Crippen LogP contribution in [0, 0.1) is 0 Å². The van der Waals surface area contributed by atoms with E-state index in [1.54, 1.807) is 23.9 Å². The molecule has 122 valence electrons. The molecular formula is C19H19N3O2. The third-order valence-electron chi connectivity index (χ3n) is 3.56. The summed E-state index contributed by atoms with van der Waals surface area (Å²) in [4.78, 5) is 12.1. The van der Waals surface area contributed by atoms with E-state index in [1.807, 2.05) is 60.7 Å². The molecule has 24 heavy (non-hydrogen) atoms. The van der Waals surface area contributed by atoms with E-state index in [-0.39, 0.29) is 5.91 Å². The topological polar surface area (TPSA) is 56.2 Å². The minimum atomic E-state index is -0.618. The van der Waals surface area contributed by atoms with E-state index in [0.717, 1.165) is 11.3 Å². The van der Waals surface area contributed by atoms with E-state index in [2.05, 4.69) is 10.4 Å². The van der Waals surface area contributed by atoms with Crippen molar-refractivity contribution in [1.29, 1.82) is 0 Å². The van der Waals surface area contributed by atoms with Crippen LogP contribution in [0.4, 0.5) is 0 Å². The van der Waals surface area contributed by atoms with Crippen molar-refractivity contribution >= 4 is 5.91 Å². The number of amides is 1. The molecule has 3 aromatic rings. The van der Waals surface area contributed by atoms with E-state index in [0.29, 0.717) is 12.4 Å². The fourth-order valence-electron chi connectivity index (χ4n) is 2.26. The number of nitrogens with one attached hydrogen (secondary N) is 1. The Morgan fingerprint density at radius 1 is 1.08 bits per heavy atom. The van der Waals surface area contributed by atoms with Gasteiger partial charge in [0.05, 0.1) is 5.69 Å². The maximum Gasteiger partial charge on any atom is 0.261 e. The van der Waals surface area contributed by atoms with Crippen molar-refractivity contribution in [1.82, 2.24) is 15.1 Å². The molecular weight excluding hydrogens is 302 g/mol. The van der Waals surface area contributed by atoms with Crippen LogP contribution in [0.25, 0.3) is 5.69 Å². The summed E-state index contributed by atoms with van der Waals surface area (Å²) in [7, 11) is 0. The summed E-state index contributed by atoms with van der Waals surface area (Å²) in [5, 5.41) is 7.19. The lowest BCUT2D eigenvalue weighted by Gasteiger charge is -2.13. The SMILES string of the molecule is CC(Oc1ccn(-c2ccccc2)n1)C(=O)NCc1ccccc1. The number of carbonyl (C=O) groups excluding carboxylic acids is 1. The van der Waals surface area contributed by atoms with Crippen molar-refractivity contribution in [2.75, 3.05) is 0 Å². The van der Waals surface area contributed by atoms with Crippen molar-refractivity contribution < 1.29 is 9.53 Å². The second-order valence-electron chi connectivity index (χ2n) is 5.40. The highest BCUT2D eigenvalue weighted by Crippen LogP contribution is 2.13. The van der Waals surface area contributed by atoms with Crippen molar-refractivity contribution in [3.63, 3.8) is 0 Å². The molecule has 1 heterocycles. The number of aromatic nitrogens is 2. The van der Waals surface area contributed by atoms with Crippen LogP contribution in [0.2, 0.25) is 0 Å². The number of ether oxygens (including phenoxy) is 1. The van der Waals surface area contributed by atoms with Gasteiger partial charge in [0, 0.05) is 18.8 Å². The standard InChI is InChI=1S/C19H19N3O2/c1-15(19(23)20-14-16-8-4-2-5-9-16)24-18-12-13-22(21-18)17-10-6-3-7-11-17/h2-13,15H,14H2,1H3,(H,20,23). The Kier molecular flexibility index (Phi) is 4.91. The molecule has 1 atom stereocenters. The first-order valence-electron chi connectivity index (χ1n) is 7.82. The molecule has 1 amide bonds. The molecule has 0 spiro atoms. The zero-order valence-corrected chi connectivity index (χ0v) is 13.4. The molecule has 1 N–H and O–H groups in total. The van der Waals surface area contributed by atoms with Gasteiger partial charge in [-0.2, -0.15) is 0 Å². The lowest BCUT2D eigenvalue weighted by molar-refractivity contribution is -0.127. The normalized spacial score (nSPS) is 11.7. The average Bonchev–Trinajstić information content (AvgIpc) is 3.10. The summed E-state index contributed by atoms with van der Waals surface area (Å²) in [6.07, 6.45) is 1.19. The van der Waals surface area contributed by atoms with Crippen molar-refractivity contribution in [2.24, 2.45) is 0 Å². The maximum absolute atomic E-state index is 12.1. The highest BCUT2D eigenvalue weighted by atomic mass is 16.5. The van der Waals surface area contributed by atoms with Crippen molar-refractivity contribution in [3.8, 4) is 11.6 Å². The van der Waals surface area contributed by atoms with Gasteiger partial charge in [-0.25, -0.2) is 4.68 Å². The first-order chi connectivity index (χ1) is 11.7. The summed E-state index contributed by atoms with van der Waals surface area (Å²) >= 11 is 0. The van der Waals surface area contributed by atoms with Crippen molar-refractivity contribution in [3.05, 3.63) is 78.5 Å². The van der Waals surface area contributed by atoms with Crippen LogP contribution in [-0.4, -0.2) is 21.8 Å². The number of nitrogens with zero attached hydrogens (tertiary/aromatic N) is 2. The Morgan fingerprint density at radius 3 is 2.46 bits per heavy atom. The molecule has 0 aliphatic rings. The van der Waals surface area contributed by atoms with E-state index in [1.165, 1.54) is 0 Å². The second kappa shape index (κ2) is 7.46. The number of para-hydroxylation sites is 1. The van der Waals surface area contributed by atoms with Crippen LogP contribution in [0.15, 0.2) is 72.9 Å². The minimum Gasteiger partial charge on any atom is -0.463 e. The Balaban J connectivity index is 1.55. The summed E-state index contributed by atoms with van der Waals surface area (Å²) in [6.45, 7) is 2.19. The molecule has 3 rings (SSSR count). The van der Waals surface area contributed by atoms with E-state index in [9.17, 15) is 4.79 Å². The predicted molar refractivity (Wildman–Crippen MR) is 91.9 cm³/mol. The van der Waals surface area contributed by atoms with E-state index >= 15 is 0 Å². The summed E-state index contributed by atoms with van der Waals surface area (Å²) in [6, 6.07) is 21.2. The molecule has 0 fully saturated rings. The predicted octanol–water partition coefficient (Wildman–Crippen LogP) is 2.96. The monoisotopic (exact) mass is 321 g/mol. The Morgan fingerprint density at radius 2 is 1.75 bits per heavy atom. The fraction of sp³-hybridized carbons (Fsp3) is 0.158. The molecule has 0 saturated carbocycles. The van der Waals surface area contributed by atoms with Gasteiger partial charge >= 0.3 is 0 Å². The number of carbonyl (C=O) groups is 1. The molecule has 0 saturated heterocycles. The number of rotatable bonds is 6. The second-order valence-corrected chi connectivity index (χ2v) is 5.40. The van der Waals surface area contributed by atoms with Gasteiger partial charge in [-0.05, 0) is 24.6 Å². The molecule has 1 aromatic heterocycles. The lowest BCUT2D eigenvalue weighted by atomic mass is 10.2. The largest absolute Gasteiger partial charge is 0.463 e. The van der Waals surface area contributed by atoms with Gasteiger partial charge in [0.1, 0.15) is 0 Å². The summed E-state index contributed by atoms with van der Waals surface area (Å²) in [5.74, 6) is 0.245. The van der Waals surface area contributed by atoms with Gasteiger partial charge in [0.15, 0.2) is 6.10 Å². The first-order valence-corrected chi connectivity index (χ1v) is 7.82. The third kappa shape index (κ3) is 4.01. The van der Waals surface area contributed by atoms with Crippen LogP contribution in [0.5, 0.6) is 5.88 Å².